The summed E-state index contributed by atoms with van der Waals surface area (Å²) in [6.45, 7) is 8.02. The van der Waals surface area contributed by atoms with Crippen LogP contribution in [0.25, 0.3) is 11.0 Å². The van der Waals surface area contributed by atoms with Crippen LogP contribution < -0.4 is 10.9 Å². The third kappa shape index (κ3) is 3.58. The van der Waals surface area contributed by atoms with Crippen molar-refractivity contribution in [2.24, 2.45) is 0 Å². The van der Waals surface area contributed by atoms with E-state index in [-0.39, 0.29) is 30.0 Å². The van der Waals surface area contributed by atoms with E-state index >= 15 is 0 Å². The normalized spacial score (nSPS) is 11.8. The van der Waals surface area contributed by atoms with Gasteiger partial charge in [0.05, 0.1) is 18.1 Å². The molecule has 3 aromatic heterocycles. The quantitative estimate of drug-likeness (QED) is 0.755. The number of hydrogen-bond acceptors (Lipinski definition) is 7. The number of hydrogen-bond donors (Lipinski definition) is 1. The van der Waals surface area contributed by atoms with Gasteiger partial charge in [0, 0.05) is 13.0 Å². The maximum absolute atomic E-state index is 12.6. The molecule has 0 spiro atoms. The molecular weight excluding hydrogens is 342 g/mol. The lowest BCUT2D eigenvalue weighted by Gasteiger charge is -2.19. The van der Waals surface area contributed by atoms with Crippen LogP contribution in [0.2, 0.25) is 0 Å². The van der Waals surface area contributed by atoms with Gasteiger partial charge in [0.15, 0.2) is 5.65 Å². The molecule has 0 saturated carbocycles. The number of nitrogens with one attached hydrogen (secondary N) is 1. The Kier molecular flexibility index (Phi) is 4.38. The van der Waals surface area contributed by atoms with Gasteiger partial charge in [0.1, 0.15) is 10.4 Å². The maximum Gasteiger partial charge on any atom is 0.264 e. The number of nitrogens with zero attached hydrogens (tertiary/aromatic N) is 6. The number of carbonyl (C=O) groups excluding carboxylic acids is 1. The number of fused-ring (bicyclic) bond motifs is 1. The Labute approximate surface area is 147 Å². The molecule has 0 aromatic carbocycles. The first-order chi connectivity index (χ1) is 11.8. The second kappa shape index (κ2) is 6.36. The van der Waals surface area contributed by atoms with Crippen molar-refractivity contribution in [2.45, 2.75) is 46.2 Å². The van der Waals surface area contributed by atoms with E-state index in [1.165, 1.54) is 28.4 Å². The number of aromatic nitrogens is 6. The molecule has 1 amide bonds. The number of aryl methyl sites for hydroxylation is 2. The molecule has 0 aliphatic carbocycles. The Balaban J connectivity index is 1.75. The van der Waals surface area contributed by atoms with Crippen molar-refractivity contribution in [3.63, 3.8) is 0 Å². The van der Waals surface area contributed by atoms with Crippen LogP contribution in [0, 0.1) is 6.92 Å². The first kappa shape index (κ1) is 17.2. The minimum absolute atomic E-state index is 0.138. The van der Waals surface area contributed by atoms with Crippen LogP contribution in [0.4, 0.5) is 5.13 Å². The fourth-order valence-corrected chi connectivity index (χ4v) is 2.96. The molecule has 0 radical (unpaired) electrons. The van der Waals surface area contributed by atoms with Crippen molar-refractivity contribution in [3.05, 3.63) is 27.9 Å². The molecule has 0 saturated heterocycles. The fourth-order valence-electron chi connectivity index (χ4n) is 2.35. The minimum atomic E-state index is -0.271. The van der Waals surface area contributed by atoms with Crippen LogP contribution in [-0.4, -0.2) is 35.4 Å². The Hall–Kier alpha value is -2.62. The third-order valence-corrected chi connectivity index (χ3v) is 4.30. The molecule has 1 N–H and O–H groups in total. The van der Waals surface area contributed by atoms with Gasteiger partial charge in [-0.15, -0.1) is 10.2 Å². The summed E-state index contributed by atoms with van der Waals surface area (Å²) in [5.41, 5.74) is 0.0650. The predicted octanol–water partition coefficient (Wildman–Crippen LogP) is 1.54. The summed E-state index contributed by atoms with van der Waals surface area (Å²) in [6.07, 6.45) is 3.12. The van der Waals surface area contributed by atoms with Gasteiger partial charge < -0.3 is 5.32 Å². The van der Waals surface area contributed by atoms with E-state index in [0.29, 0.717) is 16.2 Å². The van der Waals surface area contributed by atoms with Gasteiger partial charge >= 0.3 is 0 Å². The van der Waals surface area contributed by atoms with Gasteiger partial charge in [0.2, 0.25) is 11.0 Å². The second-order valence-corrected chi connectivity index (χ2v) is 7.81. The third-order valence-electron chi connectivity index (χ3n) is 3.54. The summed E-state index contributed by atoms with van der Waals surface area (Å²) in [5, 5.41) is 16.3. The molecule has 3 aromatic rings. The number of rotatable bonds is 4. The summed E-state index contributed by atoms with van der Waals surface area (Å²) < 4.78 is 3.14. The van der Waals surface area contributed by atoms with Crippen LogP contribution >= 0.6 is 11.3 Å². The molecule has 0 atom stereocenters. The van der Waals surface area contributed by atoms with Gasteiger partial charge in [-0.25, -0.2) is 9.67 Å². The average molecular weight is 361 g/mol. The van der Waals surface area contributed by atoms with Gasteiger partial charge in [-0.3, -0.25) is 14.2 Å². The second-order valence-electron chi connectivity index (χ2n) is 6.63. The highest BCUT2D eigenvalue weighted by Gasteiger charge is 2.19. The molecule has 0 fully saturated rings. The molecular formula is C15H19N7O2S. The Bertz CT molecular complexity index is 980. The fraction of sp³-hybridized carbons (Fsp3) is 0.467. The average Bonchev–Trinajstić information content (AvgIpc) is 3.13. The smallest absolute Gasteiger partial charge is 0.264 e. The lowest BCUT2D eigenvalue weighted by atomic mass is 10.1. The van der Waals surface area contributed by atoms with E-state index in [0.717, 1.165) is 5.01 Å². The molecule has 0 unspecified atom stereocenters. The minimum Gasteiger partial charge on any atom is -0.300 e. The molecule has 9 nitrogen and oxygen atoms in total. The molecule has 3 rings (SSSR count). The molecule has 0 aliphatic heterocycles. The SMILES string of the molecule is Cc1nnc(NC(=O)CCn2cnc3c(cnn3C(C)(C)C)c2=O)s1. The highest BCUT2D eigenvalue weighted by atomic mass is 32.1. The Morgan fingerprint density at radius 3 is 2.72 bits per heavy atom. The number of anilines is 1. The number of carbonyl (C=O) groups is 1. The van der Waals surface area contributed by atoms with E-state index < -0.39 is 0 Å². The topological polar surface area (TPSA) is 108 Å². The van der Waals surface area contributed by atoms with Crippen molar-refractivity contribution in [1.82, 2.24) is 29.5 Å². The number of amides is 1. The van der Waals surface area contributed by atoms with Crippen molar-refractivity contribution < 1.29 is 4.79 Å². The van der Waals surface area contributed by atoms with Crippen molar-refractivity contribution in [2.75, 3.05) is 5.32 Å². The van der Waals surface area contributed by atoms with Crippen LogP contribution in [0.15, 0.2) is 17.3 Å². The van der Waals surface area contributed by atoms with Gasteiger partial charge in [0.25, 0.3) is 5.56 Å². The first-order valence-corrected chi connectivity index (χ1v) is 8.61. The highest BCUT2D eigenvalue weighted by molar-refractivity contribution is 7.15. The maximum atomic E-state index is 12.6. The molecule has 132 valence electrons. The molecule has 0 bridgehead atoms. The molecule has 3 heterocycles. The molecule has 10 heteroatoms. The van der Waals surface area contributed by atoms with Crippen molar-refractivity contribution in [3.8, 4) is 0 Å². The lowest BCUT2D eigenvalue weighted by Crippen LogP contribution is -2.26. The summed E-state index contributed by atoms with van der Waals surface area (Å²) in [7, 11) is 0. The Morgan fingerprint density at radius 2 is 2.08 bits per heavy atom. The van der Waals surface area contributed by atoms with Gasteiger partial charge in [-0.1, -0.05) is 11.3 Å². The summed E-state index contributed by atoms with van der Waals surface area (Å²) in [4.78, 5) is 28.9. The first-order valence-electron chi connectivity index (χ1n) is 7.79. The van der Waals surface area contributed by atoms with E-state index in [2.05, 4.69) is 25.6 Å². The zero-order valence-electron chi connectivity index (χ0n) is 14.5. The van der Waals surface area contributed by atoms with Crippen LogP contribution in [-0.2, 0) is 16.9 Å². The zero-order valence-corrected chi connectivity index (χ0v) is 15.3. The van der Waals surface area contributed by atoms with Crippen molar-refractivity contribution >= 4 is 33.4 Å². The van der Waals surface area contributed by atoms with Gasteiger partial charge in [-0.2, -0.15) is 5.10 Å². The van der Waals surface area contributed by atoms with E-state index in [9.17, 15) is 9.59 Å². The van der Waals surface area contributed by atoms with E-state index in [1.54, 1.807) is 4.68 Å². The lowest BCUT2D eigenvalue weighted by molar-refractivity contribution is -0.116. The van der Waals surface area contributed by atoms with Crippen LogP contribution in [0.3, 0.4) is 0 Å². The van der Waals surface area contributed by atoms with Gasteiger partial charge in [-0.05, 0) is 27.7 Å². The molecule has 0 aliphatic rings. The summed E-state index contributed by atoms with van der Waals surface area (Å²) in [5.74, 6) is -0.228. The molecule has 25 heavy (non-hydrogen) atoms. The van der Waals surface area contributed by atoms with Crippen molar-refractivity contribution in [1.29, 1.82) is 0 Å². The Morgan fingerprint density at radius 1 is 1.32 bits per heavy atom. The largest absolute Gasteiger partial charge is 0.300 e. The van der Waals surface area contributed by atoms with Crippen LogP contribution in [0.5, 0.6) is 0 Å². The zero-order chi connectivity index (χ0) is 18.2. The standard InChI is InChI=1S/C15H19N7O2S/c1-9-19-20-14(25-9)18-11(23)5-6-21-8-16-12-10(13(21)24)7-17-22(12)15(2,3)4/h7-8H,5-6H2,1-4H3,(H,18,20,23). The van der Waals surface area contributed by atoms with Crippen LogP contribution in [0.1, 0.15) is 32.2 Å². The van der Waals surface area contributed by atoms with E-state index in [1.807, 2.05) is 27.7 Å². The monoisotopic (exact) mass is 361 g/mol. The summed E-state index contributed by atoms with van der Waals surface area (Å²) >= 11 is 1.30. The van der Waals surface area contributed by atoms with E-state index in [4.69, 9.17) is 0 Å². The predicted molar refractivity (Wildman–Crippen MR) is 94.7 cm³/mol. The highest BCUT2D eigenvalue weighted by Crippen LogP contribution is 2.18. The summed E-state index contributed by atoms with van der Waals surface area (Å²) in [6, 6.07) is 0.